The van der Waals surface area contributed by atoms with Gasteiger partial charge in [0.1, 0.15) is 28.9 Å². The highest BCUT2D eigenvalue weighted by Crippen LogP contribution is 2.44. The summed E-state index contributed by atoms with van der Waals surface area (Å²) in [6, 6.07) is 19.6. The van der Waals surface area contributed by atoms with Crippen LogP contribution in [0.15, 0.2) is 78.2 Å². The van der Waals surface area contributed by atoms with Gasteiger partial charge in [-0.2, -0.15) is 5.26 Å². The van der Waals surface area contributed by atoms with Crippen molar-refractivity contribution in [2.45, 2.75) is 25.7 Å². The number of unbranched alkanes of at least 4 members (excludes halogenated alkanes) is 1. The molecule has 1 unspecified atom stereocenters. The summed E-state index contributed by atoms with van der Waals surface area (Å²) >= 11 is 0. The van der Waals surface area contributed by atoms with Crippen molar-refractivity contribution in [1.29, 1.82) is 5.26 Å². The molecule has 9 nitrogen and oxygen atoms in total. The zero-order valence-corrected chi connectivity index (χ0v) is 19.5. The van der Waals surface area contributed by atoms with Crippen molar-refractivity contribution in [3.63, 3.8) is 0 Å². The third-order valence-electron chi connectivity index (χ3n) is 5.65. The molecule has 36 heavy (non-hydrogen) atoms. The number of benzene rings is 3. The van der Waals surface area contributed by atoms with Crippen LogP contribution in [0.5, 0.6) is 17.2 Å². The minimum atomic E-state index is -0.760. The maximum Gasteiger partial charge on any atom is 0.343 e. The number of carbonyl (C=O) groups is 1. The van der Waals surface area contributed by atoms with E-state index in [2.05, 4.69) is 13.0 Å². The molecule has 9 heteroatoms. The SMILES string of the molecule is CCCCOc1cccc(C2C(C#N)=C(N)Oc3cc(OC(=O)c4cccc([N+](=O)[O-])c4)ccc32)c1. The highest BCUT2D eigenvalue weighted by Gasteiger charge is 2.31. The Hall–Kier alpha value is -4.84. The van der Waals surface area contributed by atoms with Crippen LogP contribution in [0.25, 0.3) is 0 Å². The van der Waals surface area contributed by atoms with Gasteiger partial charge in [-0.25, -0.2) is 4.79 Å². The maximum absolute atomic E-state index is 12.6. The highest BCUT2D eigenvalue weighted by atomic mass is 16.6. The molecule has 0 saturated heterocycles. The Kier molecular flexibility index (Phi) is 7.16. The molecule has 1 heterocycles. The standard InChI is InChI=1S/C27H23N3O6/c1-2-3-12-34-20-9-5-6-17(14-20)25-22-11-10-21(15-24(22)36-26(29)23(25)16-28)35-27(31)18-7-4-8-19(13-18)30(32)33/h4-11,13-15,25H,2-3,12,29H2,1H3. The van der Waals surface area contributed by atoms with Crippen LogP contribution in [0.3, 0.4) is 0 Å². The van der Waals surface area contributed by atoms with Gasteiger partial charge in [0.25, 0.3) is 5.69 Å². The number of nitriles is 1. The molecule has 0 aromatic heterocycles. The molecule has 0 fully saturated rings. The van der Waals surface area contributed by atoms with E-state index >= 15 is 0 Å². The van der Waals surface area contributed by atoms with E-state index in [0.29, 0.717) is 23.7 Å². The molecule has 1 aliphatic rings. The second-order valence-corrected chi connectivity index (χ2v) is 8.10. The van der Waals surface area contributed by atoms with Gasteiger partial charge in [-0.15, -0.1) is 0 Å². The maximum atomic E-state index is 12.6. The quantitative estimate of drug-likeness (QED) is 0.151. The molecule has 0 aliphatic carbocycles. The highest BCUT2D eigenvalue weighted by molar-refractivity contribution is 5.91. The molecule has 0 saturated carbocycles. The van der Waals surface area contributed by atoms with Crippen LogP contribution in [0, 0.1) is 21.4 Å². The zero-order valence-electron chi connectivity index (χ0n) is 19.5. The number of esters is 1. The average Bonchev–Trinajstić information content (AvgIpc) is 2.88. The number of allylic oxidation sites excluding steroid dienone is 1. The van der Waals surface area contributed by atoms with Gasteiger partial charge in [0.2, 0.25) is 5.88 Å². The predicted octanol–water partition coefficient (Wildman–Crippen LogP) is 5.21. The molecule has 2 N–H and O–H groups in total. The van der Waals surface area contributed by atoms with Crippen molar-refractivity contribution in [3.05, 3.63) is 105 Å². The summed E-state index contributed by atoms with van der Waals surface area (Å²) in [5.41, 5.74) is 7.63. The Balaban J connectivity index is 1.64. The van der Waals surface area contributed by atoms with Gasteiger partial charge in [-0.05, 0) is 36.2 Å². The number of carbonyl (C=O) groups excluding carboxylic acids is 1. The number of hydrogen-bond acceptors (Lipinski definition) is 8. The summed E-state index contributed by atoms with van der Waals surface area (Å²) in [6.07, 6.45) is 1.94. The summed E-state index contributed by atoms with van der Waals surface area (Å²) in [7, 11) is 0. The second kappa shape index (κ2) is 10.6. The minimum Gasteiger partial charge on any atom is -0.494 e. The Morgan fingerprint density at radius 2 is 1.94 bits per heavy atom. The first kappa shape index (κ1) is 24.3. The van der Waals surface area contributed by atoms with Gasteiger partial charge in [0, 0.05) is 23.8 Å². The van der Waals surface area contributed by atoms with E-state index in [-0.39, 0.29) is 28.5 Å². The van der Waals surface area contributed by atoms with Crippen molar-refractivity contribution in [3.8, 4) is 23.3 Å². The van der Waals surface area contributed by atoms with Gasteiger partial charge in [-0.3, -0.25) is 10.1 Å². The smallest absolute Gasteiger partial charge is 0.343 e. The Bertz CT molecular complexity index is 1390. The third kappa shape index (κ3) is 5.13. The van der Waals surface area contributed by atoms with Crippen LogP contribution >= 0.6 is 0 Å². The van der Waals surface area contributed by atoms with Crippen LogP contribution < -0.4 is 19.9 Å². The van der Waals surface area contributed by atoms with Crippen molar-refractivity contribution < 1.29 is 23.9 Å². The first-order chi connectivity index (χ1) is 17.4. The number of nitrogens with two attached hydrogens (primary N) is 1. The number of nitrogens with zero attached hydrogens (tertiary/aromatic N) is 2. The molecule has 3 aromatic rings. The Morgan fingerprint density at radius 3 is 2.69 bits per heavy atom. The number of nitro benzene ring substituents is 1. The molecule has 4 rings (SSSR count). The fraction of sp³-hybridized carbons (Fsp3) is 0.185. The number of ether oxygens (including phenoxy) is 3. The number of non-ortho nitro benzene ring substituents is 1. The largest absolute Gasteiger partial charge is 0.494 e. The first-order valence-corrected chi connectivity index (χ1v) is 11.3. The summed E-state index contributed by atoms with van der Waals surface area (Å²) in [5.74, 6) is -0.131. The molecule has 1 aliphatic heterocycles. The number of nitro groups is 1. The lowest BCUT2D eigenvalue weighted by Gasteiger charge is -2.27. The monoisotopic (exact) mass is 485 g/mol. The lowest BCUT2D eigenvalue weighted by molar-refractivity contribution is -0.384. The lowest BCUT2D eigenvalue weighted by atomic mass is 9.83. The number of hydrogen-bond donors (Lipinski definition) is 1. The number of rotatable bonds is 8. The van der Waals surface area contributed by atoms with E-state index in [1.54, 1.807) is 12.1 Å². The molecular formula is C27H23N3O6. The molecule has 0 spiro atoms. The normalized spacial score (nSPS) is 14.3. The minimum absolute atomic E-state index is 0.0341. The van der Waals surface area contributed by atoms with Gasteiger partial charge in [-0.1, -0.05) is 37.6 Å². The van der Waals surface area contributed by atoms with E-state index < -0.39 is 16.8 Å². The van der Waals surface area contributed by atoms with Crippen molar-refractivity contribution in [2.75, 3.05) is 6.61 Å². The summed E-state index contributed by atoms with van der Waals surface area (Å²) in [6.45, 7) is 2.67. The molecule has 3 aromatic carbocycles. The summed E-state index contributed by atoms with van der Waals surface area (Å²) in [4.78, 5) is 23.0. The van der Waals surface area contributed by atoms with E-state index in [9.17, 15) is 20.2 Å². The zero-order chi connectivity index (χ0) is 25.7. The Labute approximate surface area is 207 Å². The second-order valence-electron chi connectivity index (χ2n) is 8.10. The van der Waals surface area contributed by atoms with E-state index in [1.807, 2.05) is 24.3 Å². The van der Waals surface area contributed by atoms with Crippen molar-refractivity contribution in [2.24, 2.45) is 5.73 Å². The van der Waals surface area contributed by atoms with E-state index in [0.717, 1.165) is 24.5 Å². The van der Waals surface area contributed by atoms with E-state index in [4.69, 9.17) is 19.9 Å². The predicted molar refractivity (Wildman–Crippen MR) is 131 cm³/mol. The molecule has 182 valence electrons. The third-order valence-corrected chi connectivity index (χ3v) is 5.65. The van der Waals surface area contributed by atoms with Crippen LogP contribution in [0.1, 0.15) is 47.2 Å². The van der Waals surface area contributed by atoms with Gasteiger partial charge < -0.3 is 19.9 Å². The van der Waals surface area contributed by atoms with Crippen LogP contribution in [-0.2, 0) is 0 Å². The van der Waals surface area contributed by atoms with Crippen molar-refractivity contribution >= 4 is 11.7 Å². The molecular weight excluding hydrogens is 462 g/mol. The lowest BCUT2D eigenvalue weighted by Crippen LogP contribution is -2.21. The average molecular weight is 485 g/mol. The van der Waals surface area contributed by atoms with Gasteiger partial charge >= 0.3 is 5.97 Å². The fourth-order valence-electron chi connectivity index (χ4n) is 3.87. The fourth-order valence-corrected chi connectivity index (χ4v) is 3.87. The summed E-state index contributed by atoms with van der Waals surface area (Å²) in [5, 5.41) is 20.8. The number of fused-ring (bicyclic) bond motifs is 1. The van der Waals surface area contributed by atoms with Gasteiger partial charge in [0.05, 0.1) is 23.0 Å². The van der Waals surface area contributed by atoms with Gasteiger partial charge in [0.15, 0.2) is 0 Å². The van der Waals surface area contributed by atoms with Crippen LogP contribution in [0.2, 0.25) is 0 Å². The van der Waals surface area contributed by atoms with Crippen molar-refractivity contribution in [1.82, 2.24) is 0 Å². The first-order valence-electron chi connectivity index (χ1n) is 11.3. The van der Waals surface area contributed by atoms with Crippen LogP contribution in [0.4, 0.5) is 5.69 Å². The topological polar surface area (TPSA) is 138 Å². The van der Waals surface area contributed by atoms with Crippen LogP contribution in [-0.4, -0.2) is 17.5 Å². The Morgan fingerprint density at radius 1 is 1.14 bits per heavy atom. The molecule has 0 bridgehead atoms. The molecule has 0 amide bonds. The summed E-state index contributed by atoms with van der Waals surface area (Å²) < 4.78 is 16.9. The van der Waals surface area contributed by atoms with E-state index in [1.165, 1.54) is 24.3 Å². The molecule has 1 atom stereocenters. The molecule has 0 radical (unpaired) electrons.